The van der Waals surface area contributed by atoms with Gasteiger partial charge in [-0.2, -0.15) is 0 Å². The molecule has 0 atom stereocenters. The highest BCUT2D eigenvalue weighted by atomic mass is 35.5. The second-order valence-electron chi connectivity index (χ2n) is 3.84. The zero-order valence-electron chi connectivity index (χ0n) is 9.94. The maximum Gasteiger partial charge on any atom is 0.275 e. The van der Waals surface area contributed by atoms with Gasteiger partial charge in [0.15, 0.2) is 0 Å². The fraction of sp³-hybridized carbons (Fsp3) is 0.167. The minimum absolute atomic E-state index is 0.282. The fourth-order valence-corrected chi connectivity index (χ4v) is 2.04. The maximum absolute atomic E-state index is 12.0. The van der Waals surface area contributed by atoms with Crippen LogP contribution in [0.25, 0.3) is 0 Å². The quantitative estimate of drug-likeness (QED) is 0.910. The van der Waals surface area contributed by atoms with Gasteiger partial charge in [0.05, 0.1) is 22.1 Å². The summed E-state index contributed by atoms with van der Waals surface area (Å²) in [5.41, 5.74) is 6.09. The smallest absolute Gasteiger partial charge is 0.275 e. The van der Waals surface area contributed by atoms with E-state index < -0.39 is 0 Å². The number of hydrogen-bond donors (Lipinski definition) is 2. The first-order valence-corrected chi connectivity index (χ1v) is 6.34. The second kappa shape index (κ2) is 6.06. The highest BCUT2D eigenvalue weighted by Crippen LogP contribution is 2.29. The molecule has 0 aliphatic carbocycles. The number of imidazole rings is 1. The van der Waals surface area contributed by atoms with Crippen molar-refractivity contribution >= 4 is 34.8 Å². The summed E-state index contributed by atoms with van der Waals surface area (Å²) < 4.78 is 1.74. The number of hydrogen-bond acceptors (Lipinski definition) is 3. The van der Waals surface area contributed by atoms with Crippen molar-refractivity contribution in [1.29, 1.82) is 0 Å². The second-order valence-corrected chi connectivity index (χ2v) is 4.65. The molecule has 0 aliphatic rings. The molecule has 0 spiro atoms. The molecule has 19 heavy (non-hydrogen) atoms. The van der Waals surface area contributed by atoms with Gasteiger partial charge in [-0.05, 0) is 12.1 Å². The van der Waals surface area contributed by atoms with Crippen LogP contribution in [0.3, 0.4) is 0 Å². The van der Waals surface area contributed by atoms with Gasteiger partial charge in [-0.3, -0.25) is 4.79 Å². The highest BCUT2D eigenvalue weighted by molar-refractivity contribution is 6.39. The normalized spacial score (nSPS) is 10.5. The minimum Gasteiger partial charge on any atom is -0.335 e. The Labute approximate surface area is 120 Å². The molecule has 0 fully saturated rings. The van der Waals surface area contributed by atoms with Crippen LogP contribution in [0.2, 0.25) is 10.0 Å². The van der Waals surface area contributed by atoms with E-state index in [0.29, 0.717) is 28.8 Å². The molecule has 0 bridgehead atoms. The van der Waals surface area contributed by atoms with Crippen molar-refractivity contribution in [3.8, 4) is 0 Å². The molecule has 3 N–H and O–H groups in total. The van der Waals surface area contributed by atoms with Gasteiger partial charge in [-0.15, -0.1) is 0 Å². The molecule has 0 radical (unpaired) electrons. The van der Waals surface area contributed by atoms with E-state index in [0.717, 1.165) is 0 Å². The molecule has 1 aromatic carbocycles. The number of carbonyl (C=O) groups is 1. The number of rotatable bonds is 4. The standard InChI is InChI=1S/C12H12Cl2N4O/c13-8-2-1-3-9(14)11(8)17-12(19)10-6-18(5-4-15)7-16-10/h1-3,6-7H,4-5,15H2,(H,17,19). The third-order valence-electron chi connectivity index (χ3n) is 2.45. The summed E-state index contributed by atoms with van der Waals surface area (Å²) in [5, 5.41) is 3.39. The number of nitrogens with two attached hydrogens (primary N) is 1. The van der Waals surface area contributed by atoms with Crippen LogP contribution in [0.15, 0.2) is 30.7 Å². The number of halogens is 2. The lowest BCUT2D eigenvalue weighted by atomic mass is 10.3. The maximum atomic E-state index is 12.0. The fourth-order valence-electron chi connectivity index (χ4n) is 1.54. The molecule has 0 aliphatic heterocycles. The van der Waals surface area contributed by atoms with E-state index in [-0.39, 0.29) is 11.6 Å². The minimum atomic E-state index is -0.370. The Bertz CT molecular complexity index is 577. The van der Waals surface area contributed by atoms with Crippen molar-refractivity contribution < 1.29 is 4.79 Å². The lowest BCUT2D eigenvalue weighted by Crippen LogP contribution is -2.13. The Hall–Kier alpha value is -1.56. The molecule has 0 saturated carbocycles. The molecule has 1 heterocycles. The van der Waals surface area contributed by atoms with Gasteiger partial charge in [0.25, 0.3) is 5.91 Å². The predicted molar refractivity (Wildman–Crippen MR) is 75.7 cm³/mol. The summed E-state index contributed by atoms with van der Waals surface area (Å²) in [6.45, 7) is 1.08. The van der Waals surface area contributed by atoms with E-state index in [9.17, 15) is 4.79 Å². The number of nitrogens with one attached hydrogen (secondary N) is 1. The third-order valence-corrected chi connectivity index (χ3v) is 3.08. The van der Waals surface area contributed by atoms with Crippen molar-refractivity contribution in [1.82, 2.24) is 9.55 Å². The van der Waals surface area contributed by atoms with Crippen LogP contribution in [-0.2, 0) is 6.54 Å². The molecular formula is C12H12Cl2N4O. The average Bonchev–Trinajstić information content (AvgIpc) is 2.83. The van der Waals surface area contributed by atoms with Crippen molar-refractivity contribution in [3.05, 3.63) is 46.5 Å². The zero-order valence-corrected chi connectivity index (χ0v) is 11.4. The molecule has 2 rings (SSSR count). The average molecular weight is 299 g/mol. The molecule has 0 saturated heterocycles. The number of aromatic nitrogens is 2. The first-order valence-electron chi connectivity index (χ1n) is 5.59. The van der Waals surface area contributed by atoms with Crippen LogP contribution < -0.4 is 11.1 Å². The summed E-state index contributed by atoms with van der Waals surface area (Å²) in [6.07, 6.45) is 3.17. The predicted octanol–water partition coefficient (Wildman–Crippen LogP) is 2.40. The molecular weight excluding hydrogens is 287 g/mol. The number of amides is 1. The van der Waals surface area contributed by atoms with Crippen molar-refractivity contribution in [2.45, 2.75) is 6.54 Å². The van der Waals surface area contributed by atoms with E-state index in [4.69, 9.17) is 28.9 Å². The van der Waals surface area contributed by atoms with Gasteiger partial charge < -0.3 is 15.6 Å². The van der Waals surface area contributed by atoms with E-state index in [2.05, 4.69) is 10.3 Å². The van der Waals surface area contributed by atoms with Crippen molar-refractivity contribution in [3.63, 3.8) is 0 Å². The highest BCUT2D eigenvalue weighted by Gasteiger charge is 2.13. The van der Waals surface area contributed by atoms with Crippen LogP contribution in [0.1, 0.15) is 10.5 Å². The molecule has 7 heteroatoms. The summed E-state index contributed by atoms with van der Waals surface area (Å²) >= 11 is 11.9. The van der Waals surface area contributed by atoms with E-state index in [1.807, 2.05) is 0 Å². The van der Waals surface area contributed by atoms with Gasteiger partial charge in [0.2, 0.25) is 0 Å². The third kappa shape index (κ3) is 3.26. The summed E-state index contributed by atoms with van der Waals surface area (Å²) in [4.78, 5) is 16.0. The number of carbonyl (C=O) groups excluding carboxylic acids is 1. The molecule has 1 amide bonds. The van der Waals surface area contributed by atoms with E-state index in [1.165, 1.54) is 0 Å². The monoisotopic (exact) mass is 298 g/mol. The lowest BCUT2D eigenvalue weighted by molar-refractivity contribution is 0.102. The van der Waals surface area contributed by atoms with E-state index in [1.54, 1.807) is 35.3 Å². The molecule has 100 valence electrons. The topological polar surface area (TPSA) is 72.9 Å². The number of anilines is 1. The largest absolute Gasteiger partial charge is 0.335 e. The number of benzene rings is 1. The molecule has 0 unspecified atom stereocenters. The summed E-state index contributed by atoms with van der Waals surface area (Å²) in [5.74, 6) is -0.370. The SMILES string of the molecule is NCCn1cnc(C(=O)Nc2c(Cl)cccc2Cl)c1. The Morgan fingerprint density at radius 2 is 2.05 bits per heavy atom. The zero-order chi connectivity index (χ0) is 13.8. The first-order chi connectivity index (χ1) is 9.11. The lowest BCUT2D eigenvalue weighted by Gasteiger charge is -2.07. The van der Waals surface area contributed by atoms with Gasteiger partial charge in [-0.25, -0.2) is 4.98 Å². The van der Waals surface area contributed by atoms with Gasteiger partial charge in [0.1, 0.15) is 5.69 Å². The van der Waals surface area contributed by atoms with E-state index >= 15 is 0 Å². The summed E-state index contributed by atoms with van der Waals surface area (Å²) in [6, 6.07) is 5.00. The van der Waals surface area contributed by atoms with Crippen LogP contribution in [0.5, 0.6) is 0 Å². The van der Waals surface area contributed by atoms with Crippen LogP contribution in [-0.4, -0.2) is 22.0 Å². The van der Waals surface area contributed by atoms with Crippen LogP contribution in [0.4, 0.5) is 5.69 Å². The van der Waals surface area contributed by atoms with Gasteiger partial charge in [-0.1, -0.05) is 29.3 Å². The Balaban J connectivity index is 2.16. The van der Waals surface area contributed by atoms with Crippen LogP contribution in [0, 0.1) is 0 Å². The van der Waals surface area contributed by atoms with Gasteiger partial charge in [0, 0.05) is 19.3 Å². The Morgan fingerprint density at radius 1 is 1.37 bits per heavy atom. The van der Waals surface area contributed by atoms with Crippen molar-refractivity contribution in [2.75, 3.05) is 11.9 Å². The number of nitrogens with zero attached hydrogens (tertiary/aromatic N) is 2. The molecule has 2 aromatic rings. The molecule has 1 aromatic heterocycles. The summed E-state index contributed by atoms with van der Waals surface area (Å²) in [7, 11) is 0. The Morgan fingerprint density at radius 3 is 2.68 bits per heavy atom. The van der Waals surface area contributed by atoms with Gasteiger partial charge >= 0.3 is 0 Å². The molecule has 5 nitrogen and oxygen atoms in total. The first kappa shape index (κ1) is 13.9. The Kier molecular flexibility index (Phi) is 4.42. The van der Waals surface area contributed by atoms with Crippen LogP contribution >= 0.6 is 23.2 Å². The van der Waals surface area contributed by atoms with Crippen molar-refractivity contribution in [2.24, 2.45) is 5.73 Å². The number of para-hydroxylation sites is 1.